The van der Waals surface area contributed by atoms with Gasteiger partial charge in [-0.2, -0.15) is 0 Å². The molecule has 0 aliphatic heterocycles. The minimum atomic E-state index is -4.23. The molecule has 0 saturated heterocycles. The third-order valence-corrected chi connectivity index (χ3v) is 3.70. The molecule has 0 aliphatic carbocycles. The lowest BCUT2D eigenvalue weighted by molar-refractivity contribution is -0.133. The van der Waals surface area contributed by atoms with Crippen LogP contribution in [0.1, 0.15) is 13.8 Å². The van der Waals surface area contributed by atoms with E-state index in [2.05, 4.69) is 0 Å². The molecule has 0 spiro atoms. The number of likely N-dealkylation sites (N-methyl/N-ethyl adjacent to an activating group) is 1. The topological polar surface area (TPSA) is 89.7 Å². The van der Waals surface area contributed by atoms with Gasteiger partial charge in [-0.15, -0.1) is 0 Å². The van der Waals surface area contributed by atoms with Gasteiger partial charge >= 0.3 is 0 Å². The smallest absolute Gasteiger partial charge is 0.260 e. The molecule has 0 atom stereocenters. The summed E-state index contributed by atoms with van der Waals surface area (Å²) in [6, 6.07) is 0.968. The van der Waals surface area contributed by atoms with Crippen LogP contribution in [0, 0.1) is 11.6 Å². The molecule has 21 heavy (non-hydrogen) atoms. The Morgan fingerprint density at radius 1 is 1.33 bits per heavy atom. The van der Waals surface area contributed by atoms with Gasteiger partial charge in [0.15, 0.2) is 24.0 Å². The fourth-order valence-corrected chi connectivity index (χ4v) is 1.90. The van der Waals surface area contributed by atoms with Crippen molar-refractivity contribution in [2.45, 2.75) is 24.8 Å². The summed E-state index contributed by atoms with van der Waals surface area (Å²) in [5, 5.41) is 4.78. The number of hydrogen-bond acceptors (Lipinski definition) is 4. The van der Waals surface area contributed by atoms with E-state index >= 15 is 0 Å². The highest BCUT2D eigenvalue weighted by Crippen LogP contribution is 2.25. The van der Waals surface area contributed by atoms with E-state index in [-0.39, 0.29) is 6.04 Å². The molecule has 0 radical (unpaired) electrons. The largest absolute Gasteiger partial charge is 0.478 e. The van der Waals surface area contributed by atoms with Gasteiger partial charge in [-0.05, 0) is 26.0 Å². The first-order chi connectivity index (χ1) is 9.54. The van der Waals surface area contributed by atoms with E-state index in [4.69, 9.17) is 9.88 Å². The van der Waals surface area contributed by atoms with Crippen molar-refractivity contribution in [3.05, 3.63) is 23.8 Å². The molecule has 1 aromatic carbocycles. The van der Waals surface area contributed by atoms with Gasteiger partial charge in [0, 0.05) is 13.1 Å². The molecule has 1 aromatic rings. The Morgan fingerprint density at radius 2 is 1.81 bits per heavy atom. The average molecular weight is 322 g/mol. The molecule has 0 aromatic heterocycles. The normalized spacial score (nSPS) is 11.6. The number of hydrogen-bond donors (Lipinski definition) is 1. The number of ether oxygens (including phenoxy) is 1. The van der Waals surface area contributed by atoms with Crippen molar-refractivity contribution in [3.63, 3.8) is 0 Å². The first-order valence-electron chi connectivity index (χ1n) is 5.94. The number of benzene rings is 1. The van der Waals surface area contributed by atoms with Crippen molar-refractivity contribution in [1.82, 2.24) is 4.90 Å². The van der Waals surface area contributed by atoms with E-state index in [9.17, 15) is 22.0 Å². The van der Waals surface area contributed by atoms with Gasteiger partial charge in [0.25, 0.3) is 5.91 Å². The van der Waals surface area contributed by atoms with E-state index < -0.39 is 44.8 Å². The van der Waals surface area contributed by atoms with Crippen LogP contribution in [0.4, 0.5) is 8.78 Å². The first kappa shape index (κ1) is 17.3. The number of primary sulfonamides is 1. The van der Waals surface area contributed by atoms with Gasteiger partial charge < -0.3 is 9.64 Å². The minimum Gasteiger partial charge on any atom is -0.478 e. The molecule has 0 aliphatic rings. The number of halogens is 2. The minimum absolute atomic E-state index is 0.0967. The molecule has 0 heterocycles. The number of carbonyl (C=O) groups is 1. The van der Waals surface area contributed by atoms with Crippen LogP contribution >= 0.6 is 0 Å². The summed E-state index contributed by atoms with van der Waals surface area (Å²) in [7, 11) is -2.71. The van der Waals surface area contributed by atoms with Gasteiger partial charge in [0.05, 0.1) is 4.90 Å². The molecule has 0 bridgehead atoms. The highest BCUT2D eigenvalue weighted by atomic mass is 32.2. The summed E-state index contributed by atoms with van der Waals surface area (Å²) in [6.07, 6.45) is 0. The molecule has 1 amide bonds. The summed E-state index contributed by atoms with van der Waals surface area (Å²) in [6.45, 7) is 2.96. The van der Waals surface area contributed by atoms with Crippen LogP contribution in [-0.4, -0.2) is 38.9 Å². The monoisotopic (exact) mass is 322 g/mol. The third-order valence-electron chi connectivity index (χ3n) is 2.81. The Kier molecular flexibility index (Phi) is 5.24. The lowest BCUT2D eigenvalue weighted by Gasteiger charge is -2.21. The number of sulfonamides is 1. The Hall–Kier alpha value is -1.74. The van der Waals surface area contributed by atoms with Gasteiger partial charge in [-0.3, -0.25) is 4.79 Å². The molecule has 9 heteroatoms. The van der Waals surface area contributed by atoms with Crippen molar-refractivity contribution in [3.8, 4) is 5.75 Å². The van der Waals surface area contributed by atoms with E-state index in [0.29, 0.717) is 12.1 Å². The zero-order valence-electron chi connectivity index (χ0n) is 11.8. The van der Waals surface area contributed by atoms with E-state index in [1.54, 1.807) is 13.8 Å². The quantitative estimate of drug-likeness (QED) is 0.870. The van der Waals surface area contributed by atoms with Gasteiger partial charge in [-0.25, -0.2) is 22.3 Å². The molecular weight excluding hydrogens is 306 g/mol. The van der Waals surface area contributed by atoms with Gasteiger partial charge in [0.1, 0.15) is 0 Å². The Morgan fingerprint density at radius 3 is 2.19 bits per heavy atom. The van der Waals surface area contributed by atoms with Crippen molar-refractivity contribution < 1.29 is 26.7 Å². The second-order valence-corrected chi connectivity index (χ2v) is 6.21. The van der Waals surface area contributed by atoms with Crippen LogP contribution in [-0.2, 0) is 14.8 Å². The number of nitrogens with two attached hydrogens (primary N) is 1. The second kappa shape index (κ2) is 6.35. The SMILES string of the molecule is CC(C)N(C)C(=O)COc1c(F)cc(S(N)(=O)=O)cc1F. The van der Waals surface area contributed by atoms with Crippen LogP contribution in [0.3, 0.4) is 0 Å². The standard InChI is InChI=1S/C12H16F2N2O4S/c1-7(2)16(3)11(17)6-20-12-9(13)4-8(5-10(12)14)21(15,18)19/h4-5,7H,6H2,1-3H3,(H2,15,18,19). The average Bonchev–Trinajstić information content (AvgIpc) is 2.35. The lowest BCUT2D eigenvalue weighted by atomic mass is 10.3. The van der Waals surface area contributed by atoms with Gasteiger partial charge in [0.2, 0.25) is 10.0 Å². The summed E-state index contributed by atoms with van der Waals surface area (Å²) in [4.78, 5) is 12.3. The maximum absolute atomic E-state index is 13.6. The van der Waals surface area contributed by atoms with Crippen LogP contribution in [0.25, 0.3) is 0 Å². The maximum atomic E-state index is 13.6. The van der Waals surface area contributed by atoms with Crippen LogP contribution in [0.5, 0.6) is 5.75 Å². The van der Waals surface area contributed by atoms with Crippen LogP contribution in [0.2, 0.25) is 0 Å². The maximum Gasteiger partial charge on any atom is 0.260 e. The third kappa shape index (κ3) is 4.36. The number of amides is 1. The van der Waals surface area contributed by atoms with Crippen molar-refractivity contribution >= 4 is 15.9 Å². The summed E-state index contributed by atoms with van der Waals surface area (Å²) < 4.78 is 54.1. The van der Waals surface area contributed by atoms with Crippen molar-refractivity contribution in [2.75, 3.05) is 13.7 Å². The first-order valence-corrected chi connectivity index (χ1v) is 7.49. The van der Waals surface area contributed by atoms with Crippen molar-refractivity contribution in [2.24, 2.45) is 5.14 Å². The van der Waals surface area contributed by atoms with E-state index in [1.165, 1.54) is 11.9 Å². The molecule has 0 saturated carbocycles. The summed E-state index contributed by atoms with van der Waals surface area (Å²) in [5.74, 6) is -3.80. The summed E-state index contributed by atoms with van der Waals surface area (Å²) >= 11 is 0. The fraction of sp³-hybridized carbons (Fsp3) is 0.417. The highest BCUT2D eigenvalue weighted by Gasteiger charge is 2.20. The van der Waals surface area contributed by atoms with Gasteiger partial charge in [-0.1, -0.05) is 0 Å². The molecule has 0 unspecified atom stereocenters. The highest BCUT2D eigenvalue weighted by molar-refractivity contribution is 7.89. The van der Waals surface area contributed by atoms with Crippen molar-refractivity contribution in [1.29, 1.82) is 0 Å². The Bertz CT molecular complexity index is 624. The van der Waals surface area contributed by atoms with E-state index in [1.807, 2.05) is 0 Å². The fourth-order valence-electron chi connectivity index (χ4n) is 1.36. The number of rotatable bonds is 5. The molecule has 6 nitrogen and oxygen atoms in total. The Labute approximate surface area is 121 Å². The molecule has 1 rings (SSSR count). The number of carbonyl (C=O) groups excluding carboxylic acids is 1. The molecular formula is C12H16F2N2O4S. The van der Waals surface area contributed by atoms with Crippen LogP contribution in [0.15, 0.2) is 17.0 Å². The zero-order valence-corrected chi connectivity index (χ0v) is 12.6. The predicted molar refractivity (Wildman–Crippen MR) is 71.1 cm³/mol. The second-order valence-electron chi connectivity index (χ2n) is 4.65. The predicted octanol–water partition coefficient (Wildman–Crippen LogP) is 0.858. The zero-order chi connectivity index (χ0) is 16.4. The van der Waals surface area contributed by atoms with Crippen LogP contribution < -0.4 is 9.88 Å². The summed E-state index contributed by atoms with van der Waals surface area (Å²) in [5.41, 5.74) is 0. The molecule has 0 fully saturated rings. The van der Waals surface area contributed by atoms with E-state index in [0.717, 1.165) is 0 Å². The lowest BCUT2D eigenvalue weighted by Crippen LogP contribution is -2.36. The molecule has 2 N–H and O–H groups in total. The molecule has 118 valence electrons. The number of nitrogens with zero attached hydrogens (tertiary/aromatic N) is 1. The Balaban J connectivity index is 2.94.